The quantitative estimate of drug-likeness (QED) is 0.394. The van der Waals surface area contributed by atoms with Gasteiger partial charge >= 0.3 is 0 Å². The maximum Gasteiger partial charge on any atom is 0.260 e. The van der Waals surface area contributed by atoms with Crippen molar-refractivity contribution in [3.63, 3.8) is 0 Å². The summed E-state index contributed by atoms with van der Waals surface area (Å²) in [7, 11) is 0. The van der Waals surface area contributed by atoms with Crippen molar-refractivity contribution in [2.45, 2.75) is 20.3 Å². The van der Waals surface area contributed by atoms with E-state index in [-0.39, 0.29) is 18.4 Å². The zero-order valence-corrected chi connectivity index (χ0v) is 21.8. The summed E-state index contributed by atoms with van der Waals surface area (Å²) in [6, 6.07) is 12.6. The second-order valence-corrected chi connectivity index (χ2v) is 9.10. The van der Waals surface area contributed by atoms with Crippen molar-refractivity contribution in [3.8, 4) is 28.5 Å². The van der Waals surface area contributed by atoms with Gasteiger partial charge in [0.2, 0.25) is 0 Å². The molecule has 0 saturated carbocycles. The summed E-state index contributed by atoms with van der Waals surface area (Å²) in [6.07, 6.45) is 0.952. The van der Waals surface area contributed by atoms with Crippen LogP contribution in [0, 0.1) is 0 Å². The molecule has 196 valence electrons. The van der Waals surface area contributed by atoms with E-state index in [0.717, 1.165) is 23.4 Å². The third kappa shape index (κ3) is 7.21. The Morgan fingerprint density at radius 1 is 1.03 bits per heavy atom. The highest BCUT2D eigenvalue weighted by Gasteiger charge is 2.19. The number of carbonyl (C=O) groups is 2. The number of thiazole rings is 1. The van der Waals surface area contributed by atoms with Crippen molar-refractivity contribution in [1.29, 1.82) is 0 Å². The molecule has 2 heterocycles. The minimum absolute atomic E-state index is 0.112. The molecule has 1 aromatic heterocycles. The van der Waals surface area contributed by atoms with E-state index in [2.05, 4.69) is 17.2 Å². The van der Waals surface area contributed by atoms with Crippen LogP contribution in [-0.4, -0.2) is 67.8 Å². The molecule has 1 aliphatic heterocycles. The maximum absolute atomic E-state index is 12.9. The zero-order valence-electron chi connectivity index (χ0n) is 21.0. The first-order chi connectivity index (χ1) is 18.1. The predicted molar refractivity (Wildman–Crippen MR) is 142 cm³/mol. The SMILES string of the molecule is CCCOc1ccc(-c2csc(NC(=O)c3ccc(OCC(=O)N4CCOCC4)c(OCC)c3)n2)cc1. The Balaban J connectivity index is 1.38. The number of ether oxygens (including phenoxy) is 4. The highest BCUT2D eigenvalue weighted by atomic mass is 32.1. The second-order valence-electron chi connectivity index (χ2n) is 8.24. The first-order valence-electron chi connectivity index (χ1n) is 12.3. The molecule has 4 rings (SSSR count). The summed E-state index contributed by atoms with van der Waals surface area (Å²) >= 11 is 1.35. The molecule has 1 N–H and O–H groups in total. The van der Waals surface area contributed by atoms with Crippen LogP contribution in [0.15, 0.2) is 47.8 Å². The van der Waals surface area contributed by atoms with Gasteiger partial charge < -0.3 is 23.8 Å². The molecule has 0 unspecified atom stereocenters. The van der Waals surface area contributed by atoms with E-state index >= 15 is 0 Å². The number of hydrogen-bond donors (Lipinski definition) is 1. The average Bonchev–Trinajstić information content (AvgIpc) is 3.40. The van der Waals surface area contributed by atoms with Gasteiger partial charge in [0.25, 0.3) is 11.8 Å². The van der Waals surface area contributed by atoms with Crippen molar-refractivity contribution in [2.24, 2.45) is 0 Å². The van der Waals surface area contributed by atoms with Crippen LogP contribution in [0.2, 0.25) is 0 Å². The third-order valence-electron chi connectivity index (χ3n) is 5.57. The molecule has 2 aromatic carbocycles. The third-order valence-corrected chi connectivity index (χ3v) is 6.33. The normalized spacial score (nSPS) is 13.2. The topological polar surface area (TPSA) is 99.2 Å². The Morgan fingerprint density at radius 2 is 1.81 bits per heavy atom. The van der Waals surface area contributed by atoms with Gasteiger partial charge in [0.15, 0.2) is 23.2 Å². The zero-order chi connectivity index (χ0) is 26.0. The molecule has 0 aliphatic carbocycles. The van der Waals surface area contributed by atoms with Gasteiger partial charge in [0.05, 0.1) is 32.1 Å². The number of nitrogens with zero attached hydrogens (tertiary/aromatic N) is 2. The minimum Gasteiger partial charge on any atom is -0.494 e. The predicted octanol–water partition coefficient (Wildman–Crippen LogP) is 4.49. The lowest BCUT2D eigenvalue weighted by atomic mass is 10.2. The Hall–Kier alpha value is -3.63. The number of rotatable bonds is 11. The van der Waals surface area contributed by atoms with Crippen molar-refractivity contribution >= 4 is 28.3 Å². The number of amides is 2. The van der Waals surface area contributed by atoms with Gasteiger partial charge in [-0.25, -0.2) is 4.98 Å². The number of hydrogen-bond acceptors (Lipinski definition) is 8. The summed E-state index contributed by atoms with van der Waals surface area (Å²) in [5.74, 6) is 1.19. The molecule has 1 saturated heterocycles. The monoisotopic (exact) mass is 525 g/mol. The number of benzene rings is 2. The lowest BCUT2D eigenvalue weighted by molar-refractivity contribution is -0.137. The number of morpholine rings is 1. The number of anilines is 1. The molecular weight excluding hydrogens is 494 g/mol. The van der Waals surface area contributed by atoms with E-state index in [0.29, 0.717) is 61.7 Å². The Labute approximate surface area is 220 Å². The van der Waals surface area contributed by atoms with E-state index in [1.54, 1.807) is 23.1 Å². The molecule has 0 atom stereocenters. The van der Waals surface area contributed by atoms with Crippen molar-refractivity contribution in [3.05, 3.63) is 53.4 Å². The van der Waals surface area contributed by atoms with Gasteiger partial charge in [0.1, 0.15) is 5.75 Å². The second kappa shape index (κ2) is 13.1. The maximum atomic E-state index is 12.9. The highest BCUT2D eigenvalue weighted by molar-refractivity contribution is 7.14. The summed E-state index contributed by atoms with van der Waals surface area (Å²) in [5.41, 5.74) is 2.10. The van der Waals surface area contributed by atoms with Crippen molar-refractivity contribution in [1.82, 2.24) is 9.88 Å². The van der Waals surface area contributed by atoms with Gasteiger partial charge in [-0.15, -0.1) is 11.3 Å². The fourth-order valence-electron chi connectivity index (χ4n) is 3.66. The fraction of sp³-hybridized carbons (Fsp3) is 0.370. The molecule has 2 amide bonds. The number of carbonyl (C=O) groups excluding carboxylic acids is 2. The molecule has 9 nitrogen and oxygen atoms in total. The van der Waals surface area contributed by atoms with Gasteiger partial charge in [-0.05, 0) is 55.8 Å². The van der Waals surface area contributed by atoms with Crippen LogP contribution in [0.4, 0.5) is 5.13 Å². The summed E-state index contributed by atoms with van der Waals surface area (Å²) in [6.45, 7) is 7.02. The standard InChI is InChI=1S/C27H31N3O6S/c1-3-13-35-21-8-5-19(6-9-21)22-18-37-27(28-22)29-26(32)20-7-10-23(24(16-20)34-4-2)36-17-25(31)30-11-14-33-15-12-30/h5-10,16,18H,3-4,11-15,17H2,1-2H3,(H,28,29,32). The van der Waals surface area contributed by atoms with Crippen molar-refractivity contribution < 1.29 is 28.5 Å². The molecule has 1 aliphatic rings. The van der Waals surface area contributed by atoms with Crippen molar-refractivity contribution in [2.75, 3.05) is 51.4 Å². The summed E-state index contributed by atoms with van der Waals surface area (Å²) in [4.78, 5) is 31.6. The fourth-order valence-corrected chi connectivity index (χ4v) is 4.37. The van der Waals surface area contributed by atoms with Gasteiger partial charge in [-0.1, -0.05) is 6.92 Å². The number of nitrogens with one attached hydrogen (secondary N) is 1. The molecule has 0 bridgehead atoms. The smallest absolute Gasteiger partial charge is 0.260 e. The van der Waals surface area contributed by atoms with Crippen LogP contribution >= 0.6 is 11.3 Å². The van der Waals surface area contributed by atoms with E-state index in [1.807, 2.05) is 36.6 Å². The lowest BCUT2D eigenvalue weighted by Gasteiger charge is -2.26. The largest absolute Gasteiger partial charge is 0.494 e. The summed E-state index contributed by atoms with van der Waals surface area (Å²) < 4.78 is 22.3. The van der Waals surface area contributed by atoms with Crippen LogP contribution < -0.4 is 19.5 Å². The van der Waals surface area contributed by atoms with Crippen LogP contribution in [-0.2, 0) is 9.53 Å². The van der Waals surface area contributed by atoms with Gasteiger partial charge in [-0.2, -0.15) is 0 Å². The molecule has 3 aromatic rings. The Kier molecular flexibility index (Phi) is 9.34. The molecule has 37 heavy (non-hydrogen) atoms. The molecule has 1 fully saturated rings. The molecule has 0 radical (unpaired) electrons. The summed E-state index contributed by atoms with van der Waals surface area (Å²) in [5, 5.41) is 5.23. The molecular formula is C27H31N3O6S. The van der Waals surface area contributed by atoms with E-state index < -0.39 is 0 Å². The molecule has 10 heteroatoms. The minimum atomic E-state index is -0.318. The first kappa shape index (κ1) is 26.4. The first-order valence-corrected chi connectivity index (χ1v) is 13.2. The van der Waals surface area contributed by atoms with E-state index in [9.17, 15) is 9.59 Å². The van der Waals surface area contributed by atoms with Gasteiger partial charge in [0, 0.05) is 29.6 Å². The molecule has 0 spiro atoms. The van der Waals surface area contributed by atoms with Crippen LogP contribution in [0.5, 0.6) is 17.2 Å². The van der Waals surface area contributed by atoms with E-state index in [4.69, 9.17) is 18.9 Å². The van der Waals surface area contributed by atoms with Gasteiger partial charge in [-0.3, -0.25) is 14.9 Å². The van der Waals surface area contributed by atoms with E-state index in [1.165, 1.54) is 11.3 Å². The van der Waals surface area contributed by atoms with Crippen LogP contribution in [0.3, 0.4) is 0 Å². The lowest BCUT2D eigenvalue weighted by Crippen LogP contribution is -2.43. The van der Waals surface area contributed by atoms with Crippen LogP contribution in [0.25, 0.3) is 11.3 Å². The number of aromatic nitrogens is 1. The van der Waals surface area contributed by atoms with Crippen LogP contribution in [0.1, 0.15) is 30.6 Å². The Morgan fingerprint density at radius 3 is 2.54 bits per heavy atom. The Bertz CT molecular complexity index is 1190. The highest BCUT2D eigenvalue weighted by Crippen LogP contribution is 2.30. The average molecular weight is 526 g/mol.